The first-order valence-electron chi connectivity index (χ1n) is 3.89. The Morgan fingerprint density at radius 3 is 2.70 bits per heavy atom. The number of esters is 1. The van der Waals surface area contributed by atoms with Crippen LogP contribution in [-0.2, 0) is 9.53 Å². The first-order chi connectivity index (χ1) is 4.72. The fourth-order valence-corrected chi connectivity index (χ4v) is 0.917. The largest absolute Gasteiger partial charge is 0.470 e. The van der Waals surface area contributed by atoms with Crippen molar-refractivity contribution in [2.45, 2.75) is 26.8 Å². The molecule has 0 amide bonds. The fraction of sp³-hybridized carbons (Fsp3) is 0.857. The normalized spacial score (nSPS) is 13.9. The molecule has 2 nitrogen and oxygen atoms in total. The molecule has 0 aromatic carbocycles. The third-order valence-corrected chi connectivity index (χ3v) is 2.08. The van der Waals surface area contributed by atoms with Gasteiger partial charge in [0.15, 0.2) is 0 Å². The van der Waals surface area contributed by atoms with Gasteiger partial charge in [-0.1, -0.05) is 20.4 Å². The van der Waals surface area contributed by atoms with Crippen LogP contribution in [0.25, 0.3) is 0 Å². The second-order valence-corrected chi connectivity index (χ2v) is 3.89. The predicted molar refractivity (Wildman–Crippen MR) is 44.8 cm³/mol. The molecule has 0 heterocycles. The molecule has 0 N–H and O–H groups in total. The summed E-state index contributed by atoms with van der Waals surface area (Å²) in [6.45, 7) is 6.03. The third kappa shape index (κ3) is 3.66. The van der Waals surface area contributed by atoms with E-state index in [0.29, 0.717) is 6.23 Å². The van der Waals surface area contributed by atoms with E-state index in [1.165, 1.54) is 0 Å². The van der Waals surface area contributed by atoms with Gasteiger partial charge in [0.1, 0.15) is 0 Å². The number of hydrogen-bond donors (Lipinski definition) is 0. The summed E-state index contributed by atoms with van der Waals surface area (Å²) >= 11 is 0. The number of carbonyl (C=O) groups excluding carboxylic acids is 1. The van der Waals surface area contributed by atoms with E-state index in [2.05, 4.69) is 6.55 Å². The molecule has 0 radical (unpaired) electrons. The van der Waals surface area contributed by atoms with Crippen molar-refractivity contribution in [3.63, 3.8) is 0 Å². The van der Waals surface area contributed by atoms with Crippen LogP contribution < -0.4 is 0 Å². The van der Waals surface area contributed by atoms with Crippen molar-refractivity contribution in [3.05, 3.63) is 0 Å². The van der Waals surface area contributed by atoms with Gasteiger partial charge in [-0.2, -0.15) is 0 Å². The lowest BCUT2D eigenvalue weighted by atomic mass is 10.1. The Labute approximate surface area is 64.8 Å². The summed E-state index contributed by atoms with van der Waals surface area (Å²) in [6.07, 6.45) is 1.58. The van der Waals surface area contributed by atoms with Gasteiger partial charge in [-0.3, -0.25) is 4.79 Å². The van der Waals surface area contributed by atoms with E-state index in [0.717, 1.165) is 6.42 Å². The molecule has 0 aliphatic carbocycles. The van der Waals surface area contributed by atoms with Crippen LogP contribution >= 0.6 is 0 Å². The average molecular weight is 160 g/mol. The molecule has 0 aliphatic rings. The number of ether oxygens (including phenoxy) is 1. The van der Waals surface area contributed by atoms with Gasteiger partial charge in [0.25, 0.3) is 0 Å². The van der Waals surface area contributed by atoms with E-state index in [1.807, 2.05) is 13.8 Å². The fourth-order valence-electron chi connectivity index (χ4n) is 0.512. The maximum Gasteiger partial charge on any atom is 0.308 e. The molecule has 10 heavy (non-hydrogen) atoms. The molecule has 0 saturated carbocycles. The topological polar surface area (TPSA) is 26.3 Å². The Kier molecular flexibility index (Phi) is 5.30. The van der Waals surface area contributed by atoms with Crippen molar-refractivity contribution in [1.82, 2.24) is 0 Å². The SMILES string of the molecule is CCC(C)C(=O)OC[SiH2]C. The number of carbonyl (C=O) groups is 1. The Morgan fingerprint density at radius 1 is 1.70 bits per heavy atom. The molecule has 0 spiro atoms. The highest BCUT2D eigenvalue weighted by Gasteiger charge is 2.10. The van der Waals surface area contributed by atoms with Gasteiger partial charge in [0, 0.05) is 0 Å². The van der Waals surface area contributed by atoms with E-state index >= 15 is 0 Å². The molecule has 0 aromatic heterocycles. The van der Waals surface area contributed by atoms with Crippen LogP contribution in [0.1, 0.15) is 20.3 Å². The average Bonchev–Trinajstić information content (AvgIpc) is 1.98. The quantitative estimate of drug-likeness (QED) is 0.448. The van der Waals surface area contributed by atoms with Crippen molar-refractivity contribution >= 4 is 15.5 Å². The van der Waals surface area contributed by atoms with Crippen LogP contribution in [0.15, 0.2) is 0 Å². The molecule has 0 saturated heterocycles. The molecule has 3 heteroatoms. The van der Waals surface area contributed by atoms with E-state index < -0.39 is 0 Å². The molecule has 0 fully saturated rings. The smallest absolute Gasteiger partial charge is 0.308 e. The molecule has 1 unspecified atom stereocenters. The number of hydrogen-bond acceptors (Lipinski definition) is 2. The van der Waals surface area contributed by atoms with Gasteiger partial charge in [0.2, 0.25) is 0 Å². The molecule has 60 valence electrons. The maximum atomic E-state index is 10.9. The van der Waals surface area contributed by atoms with E-state index in [-0.39, 0.29) is 21.4 Å². The molecule has 0 aliphatic heterocycles. The summed E-state index contributed by atoms with van der Waals surface area (Å²) in [5, 5.41) is 0. The van der Waals surface area contributed by atoms with Crippen molar-refractivity contribution in [2.24, 2.45) is 5.92 Å². The van der Waals surface area contributed by atoms with Gasteiger partial charge in [-0.15, -0.1) is 0 Å². The monoisotopic (exact) mass is 160 g/mol. The zero-order valence-electron chi connectivity index (χ0n) is 7.02. The Balaban J connectivity index is 3.42. The van der Waals surface area contributed by atoms with E-state index in [9.17, 15) is 4.79 Å². The lowest BCUT2D eigenvalue weighted by Gasteiger charge is -2.06. The molecule has 0 bridgehead atoms. The summed E-state index contributed by atoms with van der Waals surface area (Å²) in [5.74, 6) is 0.0531. The van der Waals surface area contributed by atoms with Crippen molar-refractivity contribution in [3.8, 4) is 0 Å². The second-order valence-electron chi connectivity index (χ2n) is 2.48. The summed E-state index contributed by atoms with van der Waals surface area (Å²) in [6, 6.07) is 0. The Bertz CT molecular complexity index is 104. The van der Waals surface area contributed by atoms with Gasteiger partial charge in [-0.25, -0.2) is 0 Å². The molecular formula is C7H16O2Si. The molecule has 0 rings (SSSR count). The van der Waals surface area contributed by atoms with Gasteiger partial charge in [-0.05, 0) is 6.42 Å². The zero-order valence-corrected chi connectivity index (χ0v) is 8.43. The van der Waals surface area contributed by atoms with Gasteiger partial charge < -0.3 is 4.74 Å². The minimum absolute atomic E-state index is 0.0307. The first kappa shape index (κ1) is 9.69. The van der Waals surface area contributed by atoms with Gasteiger partial charge in [0.05, 0.1) is 21.7 Å². The lowest BCUT2D eigenvalue weighted by Crippen LogP contribution is -2.16. The molecular weight excluding hydrogens is 144 g/mol. The van der Waals surface area contributed by atoms with Crippen LogP contribution in [0.4, 0.5) is 0 Å². The van der Waals surface area contributed by atoms with Gasteiger partial charge >= 0.3 is 5.97 Å². The summed E-state index contributed by atoms with van der Waals surface area (Å²) < 4.78 is 4.97. The van der Waals surface area contributed by atoms with E-state index in [4.69, 9.17) is 4.74 Å². The summed E-state index contributed by atoms with van der Waals surface area (Å²) in [4.78, 5) is 10.9. The van der Waals surface area contributed by atoms with Crippen LogP contribution in [0, 0.1) is 5.92 Å². The van der Waals surface area contributed by atoms with Crippen LogP contribution in [0.2, 0.25) is 6.55 Å². The molecule has 1 atom stereocenters. The van der Waals surface area contributed by atoms with Crippen LogP contribution in [0.5, 0.6) is 0 Å². The zero-order chi connectivity index (χ0) is 7.98. The predicted octanol–water partition coefficient (Wildman–Crippen LogP) is 0.750. The maximum absolute atomic E-state index is 10.9. The Morgan fingerprint density at radius 2 is 2.30 bits per heavy atom. The highest BCUT2D eigenvalue weighted by Crippen LogP contribution is 2.02. The first-order valence-corrected chi connectivity index (χ1v) is 6.30. The summed E-state index contributed by atoms with van der Waals surface area (Å²) in [7, 11) is -0.111. The van der Waals surface area contributed by atoms with E-state index in [1.54, 1.807) is 0 Å². The lowest BCUT2D eigenvalue weighted by molar-refractivity contribution is -0.145. The minimum Gasteiger partial charge on any atom is -0.470 e. The van der Waals surface area contributed by atoms with Crippen molar-refractivity contribution < 1.29 is 9.53 Å². The Hall–Kier alpha value is -0.313. The highest BCUT2D eigenvalue weighted by molar-refractivity contribution is 6.33. The second kappa shape index (κ2) is 5.47. The van der Waals surface area contributed by atoms with Crippen LogP contribution in [-0.4, -0.2) is 21.7 Å². The van der Waals surface area contributed by atoms with Crippen LogP contribution in [0.3, 0.4) is 0 Å². The number of rotatable bonds is 4. The highest BCUT2D eigenvalue weighted by atomic mass is 28.2. The minimum atomic E-state index is -0.111. The third-order valence-electron chi connectivity index (χ3n) is 1.46. The van der Waals surface area contributed by atoms with Crippen molar-refractivity contribution in [2.75, 3.05) is 6.23 Å². The van der Waals surface area contributed by atoms with Crippen molar-refractivity contribution in [1.29, 1.82) is 0 Å². The molecule has 0 aromatic rings. The standard InChI is InChI=1S/C7H16O2Si/c1-4-6(2)7(8)9-5-10-3/h6H,4-5,10H2,1-3H3. The summed E-state index contributed by atoms with van der Waals surface area (Å²) in [5.41, 5.74) is 0.